The number of H-pyrrole nitrogens is 1. The molecule has 1 fully saturated rings. The smallest absolute Gasteiger partial charge is 0.258 e. The van der Waals surface area contributed by atoms with Crippen molar-refractivity contribution in [3.63, 3.8) is 0 Å². The van der Waals surface area contributed by atoms with Gasteiger partial charge in [-0.3, -0.25) is 9.59 Å². The van der Waals surface area contributed by atoms with E-state index in [9.17, 15) is 9.59 Å². The fourth-order valence-corrected chi connectivity index (χ4v) is 3.23. The number of nitrogens with zero attached hydrogens (tertiary/aromatic N) is 1. The van der Waals surface area contributed by atoms with Gasteiger partial charge in [-0.05, 0) is 44.2 Å². The number of carbonyl (C=O) groups is 1. The van der Waals surface area contributed by atoms with Gasteiger partial charge in [0.1, 0.15) is 5.82 Å². The quantitative estimate of drug-likeness (QED) is 0.755. The van der Waals surface area contributed by atoms with E-state index < -0.39 is 0 Å². The van der Waals surface area contributed by atoms with E-state index >= 15 is 0 Å². The summed E-state index contributed by atoms with van der Waals surface area (Å²) in [7, 11) is 0. The first-order chi connectivity index (χ1) is 11.6. The van der Waals surface area contributed by atoms with Gasteiger partial charge in [-0.25, -0.2) is 4.98 Å². The van der Waals surface area contributed by atoms with Crippen molar-refractivity contribution in [2.24, 2.45) is 5.73 Å². The van der Waals surface area contributed by atoms with Crippen LogP contribution in [0.1, 0.15) is 44.3 Å². The second-order valence-corrected chi connectivity index (χ2v) is 6.56. The molecule has 3 rings (SSSR count). The molecule has 0 bridgehead atoms. The summed E-state index contributed by atoms with van der Waals surface area (Å²) in [5.74, 6) is 0.703. The molecular formula is C18H25ClN4O2. The number of para-hydroxylation sites is 1. The Hall–Kier alpha value is -1.92. The number of rotatable bonds is 5. The van der Waals surface area contributed by atoms with E-state index in [2.05, 4.69) is 15.3 Å². The highest BCUT2D eigenvalue weighted by Crippen LogP contribution is 2.17. The summed E-state index contributed by atoms with van der Waals surface area (Å²) < 4.78 is 0. The van der Waals surface area contributed by atoms with E-state index in [1.54, 1.807) is 6.07 Å². The number of benzene rings is 1. The topological polar surface area (TPSA) is 101 Å². The van der Waals surface area contributed by atoms with Crippen LogP contribution >= 0.6 is 12.4 Å². The summed E-state index contributed by atoms with van der Waals surface area (Å²) in [4.78, 5) is 31.3. The molecule has 136 valence electrons. The lowest BCUT2D eigenvalue weighted by Crippen LogP contribution is -2.40. The molecule has 25 heavy (non-hydrogen) atoms. The maximum absolute atomic E-state index is 12.0. The molecule has 4 N–H and O–H groups in total. The van der Waals surface area contributed by atoms with E-state index in [-0.39, 0.29) is 36.0 Å². The molecule has 1 aromatic heterocycles. The van der Waals surface area contributed by atoms with Gasteiger partial charge >= 0.3 is 0 Å². The Bertz CT molecular complexity index is 769. The van der Waals surface area contributed by atoms with Gasteiger partial charge in [0.15, 0.2) is 0 Å². The van der Waals surface area contributed by atoms with Gasteiger partial charge in [-0.15, -0.1) is 12.4 Å². The van der Waals surface area contributed by atoms with E-state index in [0.717, 1.165) is 25.7 Å². The maximum atomic E-state index is 12.0. The van der Waals surface area contributed by atoms with Gasteiger partial charge in [0.05, 0.1) is 10.9 Å². The van der Waals surface area contributed by atoms with Crippen molar-refractivity contribution in [3.8, 4) is 0 Å². The predicted molar refractivity (Wildman–Crippen MR) is 101 cm³/mol. The first-order valence-electron chi connectivity index (χ1n) is 8.64. The normalized spacial score (nSPS) is 20.0. The van der Waals surface area contributed by atoms with Gasteiger partial charge in [0.25, 0.3) is 5.56 Å². The van der Waals surface area contributed by atoms with Gasteiger partial charge in [-0.1, -0.05) is 12.1 Å². The average Bonchev–Trinajstić information content (AvgIpc) is 2.57. The van der Waals surface area contributed by atoms with Crippen LogP contribution in [-0.2, 0) is 11.2 Å². The molecule has 1 amide bonds. The Labute approximate surface area is 153 Å². The third-order valence-corrected chi connectivity index (χ3v) is 4.62. The highest BCUT2D eigenvalue weighted by atomic mass is 35.5. The van der Waals surface area contributed by atoms with Crippen molar-refractivity contribution in [1.82, 2.24) is 15.3 Å². The predicted octanol–water partition coefficient (Wildman–Crippen LogP) is 2.05. The monoisotopic (exact) mass is 364 g/mol. The lowest BCUT2D eigenvalue weighted by molar-refractivity contribution is -0.122. The summed E-state index contributed by atoms with van der Waals surface area (Å²) in [6, 6.07) is 7.82. The number of fused-ring (bicyclic) bond motifs is 1. The SMILES string of the molecule is Cl.NC1CCC(NC(=O)CCCc2nc3ccccc3c(=O)[nH]2)CC1. The molecule has 0 radical (unpaired) electrons. The number of aromatic nitrogens is 2. The van der Waals surface area contributed by atoms with Gasteiger partial charge < -0.3 is 16.0 Å². The van der Waals surface area contributed by atoms with Crippen LogP contribution in [0.15, 0.2) is 29.1 Å². The van der Waals surface area contributed by atoms with Crippen molar-refractivity contribution in [2.45, 2.75) is 57.0 Å². The van der Waals surface area contributed by atoms with Gasteiger partial charge in [0, 0.05) is 24.9 Å². The van der Waals surface area contributed by atoms with Crippen molar-refractivity contribution in [1.29, 1.82) is 0 Å². The molecule has 0 spiro atoms. The molecular weight excluding hydrogens is 340 g/mol. The minimum atomic E-state index is -0.126. The van der Waals surface area contributed by atoms with Crippen molar-refractivity contribution < 1.29 is 4.79 Å². The number of carbonyl (C=O) groups excluding carboxylic acids is 1. The zero-order valence-corrected chi connectivity index (χ0v) is 15.0. The van der Waals surface area contributed by atoms with Crippen LogP contribution in [-0.4, -0.2) is 28.0 Å². The van der Waals surface area contributed by atoms with E-state index in [4.69, 9.17) is 5.73 Å². The Morgan fingerprint density at radius 2 is 1.96 bits per heavy atom. The molecule has 0 saturated heterocycles. The zero-order chi connectivity index (χ0) is 16.9. The lowest BCUT2D eigenvalue weighted by Gasteiger charge is -2.26. The third-order valence-electron chi connectivity index (χ3n) is 4.62. The molecule has 1 aliphatic rings. The summed E-state index contributed by atoms with van der Waals surface area (Å²) in [6.07, 6.45) is 5.58. The molecule has 2 aromatic rings. The number of hydrogen-bond donors (Lipinski definition) is 3. The second kappa shape index (κ2) is 8.97. The largest absolute Gasteiger partial charge is 0.353 e. The van der Waals surface area contributed by atoms with Crippen LogP contribution in [0.4, 0.5) is 0 Å². The molecule has 1 saturated carbocycles. The molecule has 6 nitrogen and oxygen atoms in total. The molecule has 7 heteroatoms. The first-order valence-corrected chi connectivity index (χ1v) is 8.64. The fourth-order valence-electron chi connectivity index (χ4n) is 3.23. The lowest BCUT2D eigenvalue weighted by atomic mass is 9.92. The van der Waals surface area contributed by atoms with Crippen LogP contribution in [0.3, 0.4) is 0 Å². The summed E-state index contributed by atoms with van der Waals surface area (Å²) in [6.45, 7) is 0. The number of aryl methyl sites for hydroxylation is 1. The highest BCUT2D eigenvalue weighted by molar-refractivity contribution is 5.85. The molecule has 0 atom stereocenters. The Kier molecular flexibility index (Phi) is 6.96. The molecule has 0 unspecified atom stereocenters. The van der Waals surface area contributed by atoms with Crippen molar-refractivity contribution >= 4 is 29.2 Å². The number of hydrogen-bond acceptors (Lipinski definition) is 4. The number of halogens is 1. The molecule has 1 aromatic carbocycles. The number of nitrogens with two attached hydrogens (primary N) is 1. The molecule has 1 aliphatic carbocycles. The molecule has 0 aliphatic heterocycles. The Balaban J connectivity index is 0.00000225. The minimum absolute atomic E-state index is 0. The van der Waals surface area contributed by atoms with E-state index in [1.165, 1.54) is 0 Å². The first kappa shape index (κ1) is 19.4. The van der Waals surface area contributed by atoms with Crippen LogP contribution in [0.25, 0.3) is 10.9 Å². The summed E-state index contributed by atoms with van der Waals surface area (Å²) in [5, 5.41) is 3.67. The second-order valence-electron chi connectivity index (χ2n) is 6.56. The summed E-state index contributed by atoms with van der Waals surface area (Å²) >= 11 is 0. The third kappa shape index (κ3) is 5.28. The van der Waals surface area contributed by atoms with Crippen LogP contribution in [0.5, 0.6) is 0 Å². The van der Waals surface area contributed by atoms with E-state index in [1.807, 2.05) is 18.2 Å². The Morgan fingerprint density at radius 3 is 2.72 bits per heavy atom. The summed E-state index contributed by atoms with van der Waals surface area (Å²) in [5.41, 5.74) is 6.44. The van der Waals surface area contributed by atoms with Crippen LogP contribution in [0, 0.1) is 0 Å². The highest BCUT2D eigenvalue weighted by Gasteiger charge is 2.19. The minimum Gasteiger partial charge on any atom is -0.353 e. The van der Waals surface area contributed by atoms with Crippen molar-refractivity contribution in [3.05, 3.63) is 40.4 Å². The zero-order valence-electron chi connectivity index (χ0n) is 14.2. The molecule has 1 heterocycles. The number of amides is 1. The average molecular weight is 365 g/mol. The van der Waals surface area contributed by atoms with Crippen LogP contribution < -0.4 is 16.6 Å². The maximum Gasteiger partial charge on any atom is 0.258 e. The fraction of sp³-hybridized carbons (Fsp3) is 0.500. The standard InChI is InChI=1S/C18H24N4O2.ClH/c19-12-8-10-13(11-9-12)20-17(23)7-3-6-16-21-15-5-2-1-4-14(15)18(24)22-16;/h1-2,4-5,12-13H,3,6-11,19H2,(H,20,23)(H,21,22,24);1H. The van der Waals surface area contributed by atoms with Crippen molar-refractivity contribution in [2.75, 3.05) is 0 Å². The number of nitrogens with one attached hydrogen (secondary N) is 2. The number of aromatic amines is 1. The van der Waals surface area contributed by atoms with Gasteiger partial charge in [0.2, 0.25) is 5.91 Å². The van der Waals surface area contributed by atoms with Crippen LogP contribution in [0.2, 0.25) is 0 Å². The van der Waals surface area contributed by atoms with Gasteiger partial charge in [-0.2, -0.15) is 0 Å². The van der Waals surface area contributed by atoms with E-state index in [0.29, 0.717) is 36.0 Å². The Morgan fingerprint density at radius 1 is 1.24 bits per heavy atom.